The van der Waals surface area contributed by atoms with Crippen molar-refractivity contribution in [1.29, 1.82) is 0 Å². The van der Waals surface area contributed by atoms with Crippen LogP contribution in [0.5, 0.6) is 11.5 Å². The number of hydrogen-bond acceptors (Lipinski definition) is 4. The van der Waals surface area contributed by atoms with Crippen LogP contribution < -0.4 is 9.47 Å². The summed E-state index contributed by atoms with van der Waals surface area (Å²) in [5.41, 5.74) is 3.37. The fourth-order valence-electron chi connectivity index (χ4n) is 3.08. The first-order valence-electron chi connectivity index (χ1n) is 8.33. The number of nitrogens with zero attached hydrogens (tertiary/aromatic N) is 2. The van der Waals surface area contributed by atoms with Crippen molar-refractivity contribution in [3.05, 3.63) is 65.9 Å². The summed E-state index contributed by atoms with van der Waals surface area (Å²) in [6.07, 6.45) is 1.88. The van der Waals surface area contributed by atoms with Gasteiger partial charge in [0, 0.05) is 22.7 Å². The van der Waals surface area contributed by atoms with E-state index in [0.29, 0.717) is 12.3 Å². The minimum Gasteiger partial charge on any atom is -0.493 e. The number of methoxy groups -OCH3 is 1. The first-order chi connectivity index (χ1) is 12.1. The molecule has 0 aliphatic carbocycles. The molecule has 0 radical (unpaired) electrons. The number of aromatic nitrogens is 1. The van der Waals surface area contributed by atoms with Gasteiger partial charge in [-0.1, -0.05) is 24.3 Å². The molecule has 0 spiro atoms. The normalized spacial score (nSPS) is 15.7. The molecule has 2 heterocycles. The van der Waals surface area contributed by atoms with Crippen molar-refractivity contribution in [2.75, 3.05) is 13.7 Å². The Labute approximate surface area is 147 Å². The van der Waals surface area contributed by atoms with Crippen LogP contribution in [-0.2, 0) is 0 Å². The number of hydrogen-bond donors (Lipinski definition) is 0. The van der Waals surface area contributed by atoms with E-state index in [0.717, 1.165) is 33.5 Å². The van der Waals surface area contributed by atoms with Crippen LogP contribution in [0, 0.1) is 0 Å². The summed E-state index contributed by atoms with van der Waals surface area (Å²) in [7, 11) is 1.66. The lowest BCUT2D eigenvalue weighted by Gasteiger charge is -2.24. The first-order valence-corrected chi connectivity index (χ1v) is 8.33. The molecule has 4 nitrogen and oxygen atoms in total. The van der Waals surface area contributed by atoms with Crippen LogP contribution in [0.15, 0.2) is 59.7 Å². The zero-order valence-electron chi connectivity index (χ0n) is 14.6. The van der Waals surface area contributed by atoms with Crippen molar-refractivity contribution in [1.82, 2.24) is 4.98 Å². The predicted octanol–water partition coefficient (Wildman–Crippen LogP) is 4.25. The van der Waals surface area contributed by atoms with Crippen LogP contribution in [0.4, 0.5) is 0 Å². The topological polar surface area (TPSA) is 43.7 Å². The molecule has 1 aliphatic heterocycles. The van der Waals surface area contributed by atoms with E-state index < -0.39 is 5.60 Å². The second-order valence-electron chi connectivity index (χ2n) is 6.78. The Bertz CT molecular complexity index is 977. The number of pyridine rings is 1. The van der Waals surface area contributed by atoms with Gasteiger partial charge in [0.25, 0.3) is 0 Å². The van der Waals surface area contributed by atoms with Crippen molar-refractivity contribution in [3.8, 4) is 11.5 Å². The van der Waals surface area contributed by atoms with Crippen molar-refractivity contribution in [2.24, 2.45) is 4.99 Å². The van der Waals surface area contributed by atoms with E-state index in [2.05, 4.69) is 17.1 Å². The Balaban J connectivity index is 1.92. The molecule has 0 saturated carbocycles. The van der Waals surface area contributed by atoms with Crippen LogP contribution in [0.3, 0.4) is 0 Å². The van der Waals surface area contributed by atoms with Gasteiger partial charge in [-0.3, -0.25) is 9.98 Å². The Kier molecular flexibility index (Phi) is 3.68. The highest BCUT2D eigenvalue weighted by molar-refractivity contribution is 6.16. The molecular weight excluding hydrogens is 312 g/mol. The van der Waals surface area contributed by atoms with Crippen LogP contribution in [0.1, 0.15) is 25.0 Å². The Hall–Kier alpha value is -2.88. The monoisotopic (exact) mass is 332 g/mol. The van der Waals surface area contributed by atoms with Gasteiger partial charge < -0.3 is 9.47 Å². The maximum Gasteiger partial charge on any atom is 0.171 e. The van der Waals surface area contributed by atoms with Crippen LogP contribution in [0.25, 0.3) is 10.9 Å². The zero-order chi connectivity index (χ0) is 17.4. The van der Waals surface area contributed by atoms with Gasteiger partial charge in [0.15, 0.2) is 11.5 Å². The molecule has 2 aromatic carbocycles. The zero-order valence-corrected chi connectivity index (χ0v) is 14.6. The van der Waals surface area contributed by atoms with Gasteiger partial charge in [-0.25, -0.2) is 0 Å². The van der Waals surface area contributed by atoms with Gasteiger partial charge in [-0.2, -0.15) is 0 Å². The lowest BCUT2D eigenvalue weighted by Crippen LogP contribution is -2.31. The number of ether oxygens (including phenoxy) is 2. The van der Waals surface area contributed by atoms with Crippen molar-refractivity contribution >= 4 is 16.6 Å². The Morgan fingerprint density at radius 1 is 1.08 bits per heavy atom. The number of para-hydroxylation sites is 2. The molecule has 0 bridgehead atoms. The molecule has 4 rings (SSSR count). The summed E-state index contributed by atoms with van der Waals surface area (Å²) < 4.78 is 11.8. The van der Waals surface area contributed by atoms with Gasteiger partial charge in [-0.05, 0) is 38.1 Å². The van der Waals surface area contributed by atoms with Gasteiger partial charge >= 0.3 is 0 Å². The average Bonchev–Trinajstić information content (AvgIpc) is 2.76. The largest absolute Gasteiger partial charge is 0.493 e. The molecule has 0 saturated heterocycles. The maximum absolute atomic E-state index is 6.25. The van der Waals surface area contributed by atoms with E-state index in [9.17, 15) is 0 Å². The molecule has 0 N–H and O–H groups in total. The lowest BCUT2D eigenvalue weighted by molar-refractivity contribution is 0.116. The maximum atomic E-state index is 6.25. The first kappa shape index (κ1) is 15.6. The summed E-state index contributed by atoms with van der Waals surface area (Å²) in [5.74, 6) is 1.45. The summed E-state index contributed by atoms with van der Waals surface area (Å²) in [4.78, 5) is 9.45. The molecule has 126 valence electrons. The standard InChI is InChI=1S/C21H20N2O2/c1-21(2)13-23-19(16-8-6-10-18(24-3)20(16)25-21)15-11-14-7-4-5-9-17(14)22-12-15/h4-12H,13H2,1-3H3. The molecule has 0 amide bonds. The van der Waals surface area contributed by atoms with Crippen LogP contribution in [-0.4, -0.2) is 30.0 Å². The van der Waals surface area contributed by atoms with E-state index in [1.54, 1.807) is 7.11 Å². The minimum atomic E-state index is -0.407. The van der Waals surface area contributed by atoms with Gasteiger partial charge in [0.2, 0.25) is 0 Å². The van der Waals surface area contributed by atoms with E-state index in [1.807, 2.05) is 56.4 Å². The van der Waals surface area contributed by atoms with Crippen molar-refractivity contribution in [2.45, 2.75) is 19.4 Å². The summed E-state index contributed by atoms with van der Waals surface area (Å²) in [6, 6.07) is 16.1. The lowest BCUT2D eigenvalue weighted by atomic mass is 10.0. The highest BCUT2D eigenvalue weighted by atomic mass is 16.5. The van der Waals surface area contributed by atoms with Crippen molar-refractivity contribution < 1.29 is 9.47 Å². The number of rotatable bonds is 2. The third-order valence-electron chi connectivity index (χ3n) is 4.31. The minimum absolute atomic E-state index is 0.407. The number of aliphatic imine (C=N–C) groups is 1. The fourth-order valence-corrected chi connectivity index (χ4v) is 3.08. The molecule has 0 atom stereocenters. The third kappa shape index (κ3) is 2.84. The molecular formula is C21H20N2O2. The number of benzene rings is 2. The predicted molar refractivity (Wildman–Crippen MR) is 100.0 cm³/mol. The van der Waals surface area contributed by atoms with Gasteiger partial charge in [0.05, 0.1) is 24.9 Å². The highest BCUT2D eigenvalue weighted by Crippen LogP contribution is 2.37. The highest BCUT2D eigenvalue weighted by Gasteiger charge is 2.29. The SMILES string of the molecule is COc1cccc2c1OC(C)(C)CN=C2c1cnc2ccccc2c1. The molecule has 1 aromatic heterocycles. The second-order valence-corrected chi connectivity index (χ2v) is 6.78. The Morgan fingerprint density at radius 2 is 1.92 bits per heavy atom. The summed E-state index contributed by atoms with van der Waals surface area (Å²) in [5, 5.41) is 1.09. The van der Waals surface area contributed by atoms with E-state index >= 15 is 0 Å². The van der Waals surface area contributed by atoms with Crippen LogP contribution >= 0.6 is 0 Å². The average molecular weight is 332 g/mol. The van der Waals surface area contributed by atoms with Crippen molar-refractivity contribution in [3.63, 3.8) is 0 Å². The van der Waals surface area contributed by atoms with Crippen LogP contribution in [0.2, 0.25) is 0 Å². The van der Waals surface area contributed by atoms with E-state index in [-0.39, 0.29) is 0 Å². The molecule has 0 unspecified atom stereocenters. The number of fused-ring (bicyclic) bond motifs is 2. The van der Waals surface area contributed by atoms with E-state index in [1.165, 1.54) is 0 Å². The van der Waals surface area contributed by atoms with Gasteiger partial charge in [0.1, 0.15) is 5.60 Å². The third-order valence-corrected chi connectivity index (χ3v) is 4.31. The fraction of sp³-hybridized carbons (Fsp3) is 0.238. The molecule has 0 fully saturated rings. The van der Waals surface area contributed by atoms with E-state index in [4.69, 9.17) is 14.5 Å². The smallest absolute Gasteiger partial charge is 0.171 e. The summed E-state index contributed by atoms with van der Waals surface area (Å²) >= 11 is 0. The molecule has 1 aliphatic rings. The summed E-state index contributed by atoms with van der Waals surface area (Å²) in [6.45, 7) is 4.63. The second kappa shape index (κ2) is 5.88. The molecule has 3 aromatic rings. The van der Waals surface area contributed by atoms with Gasteiger partial charge in [-0.15, -0.1) is 0 Å². The quantitative estimate of drug-likeness (QED) is 0.704. The molecule has 4 heteroatoms. The Morgan fingerprint density at radius 3 is 2.76 bits per heavy atom. The molecule has 25 heavy (non-hydrogen) atoms.